The van der Waals surface area contributed by atoms with Crippen LogP contribution in [-0.4, -0.2) is 80.9 Å². The molecule has 0 unspecified atom stereocenters. The Morgan fingerprint density at radius 3 is 2.68 bits per heavy atom. The van der Waals surface area contributed by atoms with Gasteiger partial charge in [-0.1, -0.05) is 0 Å². The van der Waals surface area contributed by atoms with Crippen LogP contribution in [0, 0.1) is 0 Å². The lowest BCUT2D eigenvalue weighted by molar-refractivity contribution is 0.151. The molecule has 0 amide bonds. The SMILES string of the molecule is CCOCCNC(=NC)N1CCN(c2ncc(Br)c(OC)n2)CC1.I. The summed E-state index contributed by atoms with van der Waals surface area (Å²) in [5.41, 5.74) is 0. The first-order valence-electron chi connectivity index (χ1n) is 8.04. The van der Waals surface area contributed by atoms with Gasteiger partial charge in [0.05, 0.1) is 24.4 Å². The number of hydrogen-bond acceptors (Lipinski definition) is 6. The molecule has 1 aliphatic heterocycles. The zero-order valence-electron chi connectivity index (χ0n) is 14.9. The van der Waals surface area contributed by atoms with E-state index in [9.17, 15) is 0 Å². The molecule has 0 bridgehead atoms. The van der Waals surface area contributed by atoms with Crippen LogP contribution in [0.15, 0.2) is 15.7 Å². The van der Waals surface area contributed by atoms with Crippen molar-refractivity contribution in [2.24, 2.45) is 4.99 Å². The number of nitrogens with zero attached hydrogens (tertiary/aromatic N) is 5. The van der Waals surface area contributed by atoms with Gasteiger partial charge in [0.25, 0.3) is 0 Å². The number of nitrogens with one attached hydrogen (secondary N) is 1. The number of halogens is 2. The third-order valence-corrected chi connectivity index (χ3v) is 4.24. The molecular weight excluding hydrogens is 503 g/mol. The summed E-state index contributed by atoms with van der Waals surface area (Å²) in [6, 6.07) is 0. The lowest BCUT2D eigenvalue weighted by Crippen LogP contribution is -2.53. The normalized spacial score (nSPS) is 15.0. The minimum absolute atomic E-state index is 0. The van der Waals surface area contributed by atoms with Crippen molar-refractivity contribution < 1.29 is 9.47 Å². The summed E-state index contributed by atoms with van der Waals surface area (Å²) in [5.74, 6) is 2.15. The number of hydrogen-bond donors (Lipinski definition) is 1. The highest BCUT2D eigenvalue weighted by Crippen LogP contribution is 2.23. The molecule has 0 aliphatic carbocycles. The summed E-state index contributed by atoms with van der Waals surface area (Å²) >= 11 is 3.38. The van der Waals surface area contributed by atoms with Crippen molar-refractivity contribution in [1.82, 2.24) is 20.2 Å². The molecule has 10 heteroatoms. The zero-order valence-corrected chi connectivity index (χ0v) is 18.8. The van der Waals surface area contributed by atoms with E-state index in [0.717, 1.165) is 49.8 Å². The summed E-state index contributed by atoms with van der Waals surface area (Å²) in [4.78, 5) is 17.5. The van der Waals surface area contributed by atoms with Crippen LogP contribution in [0.3, 0.4) is 0 Å². The molecule has 0 radical (unpaired) electrons. The fourth-order valence-electron chi connectivity index (χ4n) is 2.47. The molecule has 25 heavy (non-hydrogen) atoms. The third-order valence-electron chi connectivity index (χ3n) is 3.70. The average molecular weight is 529 g/mol. The smallest absolute Gasteiger partial charge is 0.232 e. The third kappa shape index (κ3) is 6.41. The molecule has 2 rings (SSSR count). The Morgan fingerprint density at radius 1 is 1.36 bits per heavy atom. The van der Waals surface area contributed by atoms with Crippen LogP contribution in [0.5, 0.6) is 5.88 Å². The molecular formula is C15H26BrIN6O2. The monoisotopic (exact) mass is 528 g/mol. The van der Waals surface area contributed by atoms with Crippen molar-refractivity contribution in [3.63, 3.8) is 0 Å². The molecule has 1 saturated heterocycles. The van der Waals surface area contributed by atoms with Crippen LogP contribution >= 0.6 is 39.9 Å². The number of aliphatic imine (C=N–C) groups is 1. The Balaban J connectivity index is 0.00000312. The first kappa shape index (κ1) is 22.2. The standard InChI is InChI=1S/C15H25BrN6O2.HI/c1-4-24-10-5-18-14(17-2)21-6-8-22(9-7-21)15-19-11-12(16)13(20-15)23-3;/h11H,4-10H2,1-3H3,(H,17,18);1H. The fraction of sp³-hybridized carbons (Fsp3) is 0.667. The molecule has 8 nitrogen and oxygen atoms in total. The maximum absolute atomic E-state index is 5.35. The number of methoxy groups -OCH3 is 1. The van der Waals surface area contributed by atoms with Crippen LogP contribution in [0.2, 0.25) is 0 Å². The summed E-state index contributed by atoms with van der Waals surface area (Å²) in [6.45, 7) is 7.54. The van der Waals surface area contributed by atoms with E-state index < -0.39 is 0 Å². The van der Waals surface area contributed by atoms with Crippen LogP contribution in [-0.2, 0) is 4.74 Å². The Morgan fingerprint density at radius 2 is 2.08 bits per heavy atom. The van der Waals surface area contributed by atoms with Crippen molar-refractivity contribution in [2.45, 2.75) is 6.92 Å². The Labute approximate surface area is 174 Å². The van der Waals surface area contributed by atoms with Gasteiger partial charge in [-0.2, -0.15) is 4.98 Å². The fourth-order valence-corrected chi connectivity index (χ4v) is 2.82. The quantitative estimate of drug-likeness (QED) is 0.260. The molecule has 1 fully saturated rings. The molecule has 1 aromatic rings. The van der Waals surface area contributed by atoms with Gasteiger partial charge in [-0.25, -0.2) is 4.98 Å². The number of anilines is 1. The molecule has 0 atom stereocenters. The van der Waals surface area contributed by atoms with Gasteiger partial charge in [-0.05, 0) is 22.9 Å². The zero-order chi connectivity index (χ0) is 17.4. The second kappa shape index (κ2) is 11.7. The molecule has 1 aromatic heterocycles. The molecule has 2 heterocycles. The Hall–Kier alpha value is -0.880. The number of aromatic nitrogens is 2. The van der Waals surface area contributed by atoms with E-state index in [4.69, 9.17) is 9.47 Å². The first-order valence-corrected chi connectivity index (χ1v) is 8.83. The lowest BCUT2D eigenvalue weighted by Gasteiger charge is -2.36. The molecule has 1 N–H and O–H groups in total. The van der Waals surface area contributed by atoms with E-state index in [0.29, 0.717) is 18.4 Å². The summed E-state index contributed by atoms with van der Waals surface area (Å²) in [5, 5.41) is 3.33. The van der Waals surface area contributed by atoms with Gasteiger partial charge in [0, 0.05) is 46.4 Å². The average Bonchev–Trinajstić information content (AvgIpc) is 2.62. The number of rotatable bonds is 6. The molecule has 0 saturated carbocycles. The molecule has 0 spiro atoms. The summed E-state index contributed by atoms with van der Waals surface area (Å²) in [7, 11) is 3.41. The van der Waals surface area contributed by atoms with Crippen molar-refractivity contribution in [3.05, 3.63) is 10.7 Å². The van der Waals surface area contributed by atoms with Crippen LogP contribution in [0.1, 0.15) is 6.92 Å². The summed E-state index contributed by atoms with van der Waals surface area (Å²) < 4.78 is 11.3. The van der Waals surface area contributed by atoms with Gasteiger partial charge in [-0.15, -0.1) is 24.0 Å². The van der Waals surface area contributed by atoms with Gasteiger partial charge in [-0.3, -0.25) is 4.99 Å². The van der Waals surface area contributed by atoms with Gasteiger partial charge < -0.3 is 24.6 Å². The molecule has 142 valence electrons. The highest BCUT2D eigenvalue weighted by atomic mass is 127. The van der Waals surface area contributed by atoms with Crippen LogP contribution in [0.4, 0.5) is 5.95 Å². The highest BCUT2D eigenvalue weighted by molar-refractivity contribution is 14.0. The van der Waals surface area contributed by atoms with E-state index in [2.05, 4.69) is 46.0 Å². The van der Waals surface area contributed by atoms with Crippen molar-refractivity contribution in [2.75, 3.05) is 65.0 Å². The Kier molecular flexibility index (Phi) is 10.4. The van der Waals surface area contributed by atoms with E-state index in [1.807, 2.05) is 6.92 Å². The predicted molar refractivity (Wildman–Crippen MR) is 113 cm³/mol. The predicted octanol–water partition coefficient (Wildman–Crippen LogP) is 1.60. The molecule has 0 aromatic carbocycles. The lowest BCUT2D eigenvalue weighted by atomic mass is 10.3. The first-order chi connectivity index (χ1) is 11.7. The van der Waals surface area contributed by atoms with Gasteiger partial charge in [0.1, 0.15) is 0 Å². The van der Waals surface area contributed by atoms with E-state index >= 15 is 0 Å². The van der Waals surface area contributed by atoms with Gasteiger partial charge in [0.2, 0.25) is 11.8 Å². The van der Waals surface area contributed by atoms with Gasteiger partial charge >= 0.3 is 0 Å². The number of piperazine rings is 1. The minimum Gasteiger partial charge on any atom is -0.480 e. The van der Waals surface area contributed by atoms with Crippen molar-refractivity contribution >= 4 is 51.8 Å². The molecule has 1 aliphatic rings. The largest absolute Gasteiger partial charge is 0.480 e. The van der Waals surface area contributed by atoms with E-state index in [-0.39, 0.29) is 24.0 Å². The van der Waals surface area contributed by atoms with Crippen LogP contribution < -0.4 is 15.0 Å². The van der Waals surface area contributed by atoms with Crippen molar-refractivity contribution in [3.8, 4) is 5.88 Å². The topological polar surface area (TPSA) is 75.1 Å². The van der Waals surface area contributed by atoms with Crippen LogP contribution in [0.25, 0.3) is 0 Å². The van der Waals surface area contributed by atoms with E-state index in [1.165, 1.54) is 0 Å². The second-order valence-corrected chi connectivity index (χ2v) is 6.03. The minimum atomic E-state index is 0. The number of guanidine groups is 1. The highest BCUT2D eigenvalue weighted by Gasteiger charge is 2.22. The maximum atomic E-state index is 5.35. The Bertz CT molecular complexity index is 555. The number of ether oxygens (including phenoxy) is 2. The second-order valence-electron chi connectivity index (χ2n) is 5.17. The van der Waals surface area contributed by atoms with E-state index in [1.54, 1.807) is 20.4 Å². The maximum Gasteiger partial charge on any atom is 0.232 e. The van der Waals surface area contributed by atoms with Crippen molar-refractivity contribution in [1.29, 1.82) is 0 Å². The summed E-state index contributed by atoms with van der Waals surface area (Å²) in [6.07, 6.45) is 1.72. The van der Waals surface area contributed by atoms with Gasteiger partial charge in [0.15, 0.2) is 5.96 Å².